The number of rotatable bonds is 5. The number of ether oxygens (including phenoxy) is 1. The molecule has 6 nitrogen and oxygen atoms in total. The summed E-state index contributed by atoms with van der Waals surface area (Å²) in [7, 11) is 0. The second kappa shape index (κ2) is 8.33. The predicted molar refractivity (Wildman–Crippen MR) is 104 cm³/mol. The van der Waals surface area contributed by atoms with Crippen molar-refractivity contribution in [2.75, 3.05) is 0 Å². The van der Waals surface area contributed by atoms with E-state index in [4.69, 9.17) is 4.74 Å². The maximum absolute atomic E-state index is 12.6. The quantitative estimate of drug-likeness (QED) is 0.681. The van der Waals surface area contributed by atoms with Gasteiger partial charge in [-0.1, -0.05) is 12.1 Å². The Morgan fingerprint density at radius 3 is 2.57 bits per heavy atom. The number of nitrogens with zero attached hydrogens (tertiary/aromatic N) is 3. The summed E-state index contributed by atoms with van der Waals surface area (Å²) in [6, 6.07) is 9.89. The molecule has 0 aliphatic heterocycles. The highest BCUT2D eigenvalue weighted by Gasteiger charge is 2.31. The Bertz CT molecular complexity index is 1010. The molecule has 1 saturated carbocycles. The molecule has 4 rings (SSSR count). The van der Waals surface area contributed by atoms with E-state index in [-0.39, 0.29) is 30.5 Å². The number of carbonyl (C=O) groups is 1. The summed E-state index contributed by atoms with van der Waals surface area (Å²) in [6.07, 6.45) is 0.768. The average Bonchev–Trinajstić information content (AvgIpc) is 3.12. The van der Waals surface area contributed by atoms with E-state index >= 15 is 0 Å². The van der Waals surface area contributed by atoms with E-state index in [1.54, 1.807) is 6.33 Å². The third-order valence-corrected chi connectivity index (χ3v) is 5.23. The zero-order valence-corrected chi connectivity index (χ0v) is 16.1. The van der Waals surface area contributed by atoms with Gasteiger partial charge in [0.15, 0.2) is 0 Å². The lowest BCUT2D eigenvalue weighted by Gasteiger charge is -2.29. The van der Waals surface area contributed by atoms with Crippen LogP contribution in [-0.2, 0) is 17.5 Å². The molecule has 0 saturated heterocycles. The lowest BCUT2D eigenvalue weighted by Crippen LogP contribution is -2.41. The van der Waals surface area contributed by atoms with Crippen molar-refractivity contribution >= 4 is 16.9 Å². The van der Waals surface area contributed by atoms with E-state index in [0.29, 0.717) is 12.8 Å². The smallest absolute Gasteiger partial charge is 0.417 e. The predicted octanol–water partition coefficient (Wildman–Crippen LogP) is 3.96. The van der Waals surface area contributed by atoms with Gasteiger partial charge >= 0.3 is 6.18 Å². The minimum atomic E-state index is -4.41. The van der Waals surface area contributed by atoms with Gasteiger partial charge in [0.1, 0.15) is 12.6 Å². The largest absolute Gasteiger partial charge is 0.474 e. The van der Waals surface area contributed by atoms with E-state index in [0.717, 1.165) is 36.1 Å². The van der Waals surface area contributed by atoms with Gasteiger partial charge in [-0.25, -0.2) is 9.97 Å². The number of benzene rings is 1. The molecule has 30 heavy (non-hydrogen) atoms. The number of hydrogen-bond donors (Lipinski definition) is 1. The molecule has 0 unspecified atom stereocenters. The van der Waals surface area contributed by atoms with Gasteiger partial charge in [0.25, 0.3) is 0 Å². The minimum absolute atomic E-state index is 0.0488. The van der Waals surface area contributed by atoms with Crippen molar-refractivity contribution in [3.63, 3.8) is 0 Å². The molecule has 158 valence electrons. The van der Waals surface area contributed by atoms with Crippen molar-refractivity contribution in [2.24, 2.45) is 0 Å². The number of alkyl halides is 3. The molecule has 1 fully saturated rings. The van der Waals surface area contributed by atoms with Gasteiger partial charge < -0.3 is 14.6 Å². The summed E-state index contributed by atoms with van der Waals surface area (Å²) in [5, 5.41) is 3.05. The van der Waals surface area contributed by atoms with Crippen molar-refractivity contribution in [3.8, 4) is 5.88 Å². The van der Waals surface area contributed by atoms with E-state index in [9.17, 15) is 18.0 Å². The summed E-state index contributed by atoms with van der Waals surface area (Å²) in [4.78, 5) is 20.5. The average molecular weight is 418 g/mol. The Morgan fingerprint density at radius 2 is 1.87 bits per heavy atom. The van der Waals surface area contributed by atoms with E-state index in [2.05, 4.69) is 15.3 Å². The number of hydrogen-bond acceptors (Lipinski definition) is 4. The number of halogens is 3. The van der Waals surface area contributed by atoms with Crippen molar-refractivity contribution < 1.29 is 22.7 Å². The van der Waals surface area contributed by atoms with Crippen LogP contribution < -0.4 is 10.1 Å². The first-order valence-corrected chi connectivity index (χ1v) is 9.77. The molecule has 0 atom stereocenters. The van der Waals surface area contributed by atoms with Gasteiger partial charge in [-0.2, -0.15) is 13.2 Å². The molecule has 2 aromatic heterocycles. The number of carbonyl (C=O) groups excluding carboxylic acids is 1. The van der Waals surface area contributed by atoms with Crippen LogP contribution in [0.1, 0.15) is 31.2 Å². The molecule has 2 heterocycles. The molecule has 9 heteroatoms. The van der Waals surface area contributed by atoms with Crippen molar-refractivity contribution in [1.82, 2.24) is 19.9 Å². The molecule has 0 bridgehead atoms. The molecule has 0 radical (unpaired) electrons. The van der Waals surface area contributed by atoms with Gasteiger partial charge in [0.05, 0.1) is 22.9 Å². The van der Waals surface area contributed by atoms with Gasteiger partial charge in [-0.15, -0.1) is 0 Å². The first-order valence-electron chi connectivity index (χ1n) is 9.77. The number of para-hydroxylation sites is 2. The van der Waals surface area contributed by atoms with Crippen LogP contribution in [0.15, 0.2) is 48.9 Å². The zero-order chi connectivity index (χ0) is 21.1. The van der Waals surface area contributed by atoms with E-state index in [1.165, 1.54) is 6.07 Å². The van der Waals surface area contributed by atoms with Crippen molar-refractivity contribution in [3.05, 3.63) is 54.5 Å². The minimum Gasteiger partial charge on any atom is -0.474 e. The van der Waals surface area contributed by atoms with Crippen LogP contribution in [-0.4, -0.2) is 32.6 Å². The number of aromatic nitrogens is 3. The summed E-state index contributed by atoms with van der Waals surface area (Å²) >= 11 is 0. The van der Waals surface area contributed by atoms with Crippen LogP contribution in [0.5, 0.6) is 5.88 Å². The zero-order valence-electron chi connectivity index (χ0n) is 16.1. The highest BCUT2D eigenvalue weighted by atomic mass is 19.4. The number of amides is 1. The van der Waals surface area contributed by atoms with Crippen molar-refractivity contribution in [2.45, 2.75) is 50.6 Å². The Labute approximate surface area is 171 Å². The first kappa shape index (κ1) is 20.2. The highest BCUT2D eigenvalue weighted by Crippen LogP contribution is 2.30. The lowest BCUT2D eigenvalue weighted by atomic mass is 9.93. The molecule has 1 aromatic carbocycles. The second-order valence-corrected chi connectivity index (χ2v) is 7.40. The lowest BCUT2D eigenvalue weighted by molar-refractivity contribution is -0.137. The fourth-order valence-electron chi connectivity index (χ4n) is 3.68. The number of pyridine rings is 1. The third kappa shape index (κ3) is 4.72. The van der Waals surface area contributed by atoms with E-state index in [1.807, 2.05) is 28.8 Å². The summed E-state index contributed by atoms with van der Waals surface area (Å²) < 4.78 is 45.3. The second-order valence-electron chi connectivity index (χ2n) is 7.40. The maximum Gasteiger partial charge on any atom is 0.417 e. The summed E-state index contributed by atoms with van der Waals surface area (Å²) in [5.74, 6) is 0.106. The Kier molecular flexibility index (Phi) is 5.61. The van der Waals surface area contributed by atoms with Crippen LogP contribution in [0, 0.1) is 0 Å². The Balaban J connectivity index is 1.25. The van der Waals surface area contributed by atoms with E-state index < -0.39 is 11.7 Å². The molecule has 1 aliphatic carbocycles. The molecule has 1 amide bonds. The Morgan fingerprint density at radius 1 is 1.10 bits per heavy atom. The number of nitrogens with one attached hydrogen (secondary N) is 1. The molecule has 1 aliphatic rings. The fraction of sp³-hybridized carbons (Fsp3) is 0.381. The standard InChI is InChI=1S/C21H21F3N4O2/c22-21(23,24)14-5-10-20(25-11-14)30-16-8-6-15(7-9-16)27-19(29)12-28-13-26-17-3-1-2-4-18(17)28/h1-5,10-11,13,15-16H,6-9,12H2,(H,27,29). The topological polar surface area (TPSA) is 69.0 Å². The van der Waals surface area contributed by atoms with Crippen LogP contribution in [0.25, 0.3) is 11.0 Å². The number of imidazole rings is 1. The molecule has 3 aromatic rings. The van der Waals surface area contributed by atoms with Crippen LogP contribution in [0.3, 0.4) is 0 Å². The van der Waals surface area contributed by atoms with Gasteiger partial charge in [-0.3, -0.25) is 4.79 Å². The molecule has 0 spiro atoms. The van der Waals surface area contributed by atoms with Crippen LogP contribution in [0.4, 0.5) is 13.2 Å². The Hall–Kier alpha value is -3.10. The summed E-state index contributed by atoms with van der Waals surface area (Å²) in [6.45, 7) is 0.201. The van der Waals surface area contributed by atoms with Crippen molar-refractivity contribution in [1.29, 1.82) is 0 Å². The van der Waals surface area contributed by atoms with Crippen LogP contribution >= 0.6 is 0 Å². The fourth-order valence-corrected chi connectivity index (χ4v) is 3.68. The molecule has 1 N–H and O–H groups in total. The van der Waals surface area contributed by atoms with Gasteiger partial charge in [0, 0.05) is 18.3 Å². The SMILES string of the molecule is O=C(Cn1cnc2ccccc21)NC1CCC(Oc2ccc(C(F)(F)F)cn2)CC1. The van der Waals surface area contributed by atoms with Gasteiger partial charge in [-0.05, 0) is 43.9 Å². The summed E-state index contributed by atoms with van der Waals surface area (Å²) in [5.41, 5.74) is 0.959. The normalized spacial score (nSPS) is 19.6. The maximum atomic E-state index is 12.6. The first-order chi connectivity index (χ1) is 14.4. The highest BCUT2D eigenvalue weighted by molar-refractivity contribution is 5.80. The van der Waals surface area contributed by atoms with Crippen LogP contribution in [0.2, 0.25) is 0 Å². The van der Waals surface area contributed by atoms with Gasteiger partial charge in [0.2, 0.25) is 11.8 Å². The molecular formula is C21H21F3N4O2. The molecular weight excluding hydrogens is 397 g/mol. The third-order valence-electron chi connectivity index (χ3n) is 5.23. The monoisotopic (exact) mass is 418 g/mol. The number of fused-ring (bicyclic) bond motifs is 1.